The van der Waals surface area contributed by atoms with Gasteiger partial charge in [0.1, 0.15) is 0 Å². The van der Waals surface area contributed by atoms with E-state index in [0.29, 0.717) is 6.47 Å². The van der Waals surface area contributed by atoms with Crippen LogP contribution < -0.4 is 0 Å². The fourth-order valence-corrected chi connectivity index (χ4v) is 4.61. The smallest absolute Gasteiger partial charge is 0.0348 e. The van der Waals surface area contributed by atoms with Crippen LogP contribution in [0.15, 0.2) is 61.2 Å². The van der Waals surface area contributed by atoms with Crippen LogP contribution in [0.4, 0.5) is 0 Å². The van der Waals surface area contributed by atoms with E-state index >= 15 is 0 Å². The average molecular weight is 524 g/mol. The minimum Gasteiger partial charge on any atom is -0.665 e. The van der Waals surface area contributed by atoms with Crippen molar-refractivity contribution in [3.8, 4) is 10.4 Å². The Morgan fingerprint density at radius 2 is 1.62 bits per heavy atom. The third-order valence-electron chi connectivity index (χ3n) is 5.20. The summed E-state index contributed by atoms with van der Waals surface area (Å²) in [4.78, 5) is 11.0. The Bertz CT molecular complexity index is 988. The van der Waals surface area contributed by atoms with Gasteiger partial charge in [-0.3, -0.25) is 0 Å². The molecule has 0 saturated heterocycles. The summed E-state index contributed by atoms with van der Waals surface area (Å²) >= 11 is 1.90. The van der Waals surface area contributed by atoms with Gasteiger partial charge in [-0.05, 0) is 36.0 Å². The molecule has 0 spiro atoms. The minimum absolute atomic E-state index is 0. The van der Waals surface area contributed by atoms with Crippen molar-refractivity contribution >= 4 is 23.4 Å². The minimum atomic E-state index is -0.00866. The number of benzene rings is 2. The molecule has 3 aromatic rings. The Morgan fingerprint density at radius 1 is 1.06 bits per heavy atom. The van der Waals surface area contributed by atoms with E-state index in [1.54, 1.807) is 0 Å². The third kappa shape index (κ3) is 8.35. The molecular formula is C28H34O2SY-2. The van der Waals surface area contributed by atoms with Gasteiger partial charge in [0.15, 0.2) is 0 Å². The molecule has 2 aromatic carbocycles. The second kappa shape index (κ2) is 14.5. The molecule has 0 atom stereocenters. The van der Waals surface area contributed by atoms with E-state index in [1.165, 1.54) is 37.6 Å². The van der Waals surface area contributed by atoms with Gasteiger partial charge in [-0.15, -0.1) is 17.4 Å². The second-order valence-corrected chi connectivity index (χ2v) is 8.99. The molecule has 0 unspecified atom stereocenters. The number of aryl methyl sites for hydroxylation is 2. The zero-order valence-corrected chi connectivity index (χ0v) is 23.8. The van der Waals surface area contributed by atoms with E-state index in [4.69, 9.17) is 9.90 Å². The summed E-state index contributed by atoms with van der Waals surface area (Å²) in [6.07, 6.45) is 0.996. The number of thiophene rings is 1. The van der Waals surface area contributed by atoms with Gasteiger partial charge < -0.3 is 9.90 Å². The van der Waals surface area contributed by atoms with Crippen LogP contribution >= 0.6 is 11.3 Å². The van der Waals surface area contributed by atoms with Crippen LogP contribution in [0.25, 0.3) is 16.0 Å². The number of hydrogen-bond donors (Lipinski definition) is 1. The van der Waals surface area contributed by atoms with Crippen molar-refractivity contribution in [2.24, 2.45) is 5.41 Å². The number of aliphatic hydroxyl groups excluding tert-OH is 1. The predicted molar refractivity (Wildman–Crippen MR) is 136 cm³/mol. The first-order valence-electron chi connectivity index (χ1n) is 10.5. The monoisotopic (exact) mass is 523 g/mol. The zero-order chi connectivity index (χ0) is 23.6. The molecule has 0 bridgehead atoms. The molecule has 0 aliphatic heterocycles. The summed E-state index contributed by atoms with van der Waals surface area (Å²) in [6.45, 7) is 22.0. The van der Waals surface area contributed by atoms with Gasteiger partial charge in [0.2, 0.25) is 0 Å². The van der Waals surface area contributed by atoms with Crippen LogP contribution in [0, 0.1) is 26.2 Å². The molecule has 0 fully saturated rings. The van der Waals surface area contributed by atoms with Crippen molar-refractivity contribution in [1.29, 1.82) is 0 Å². The Morgan fingerprint density at radius 3 is 2.16 bits per heavy atom. The van der Waals surface area contributed by atoms with E-state index in [0.717, 1.165) is 12.0 Å². The molecule has 3 rings (SSSR count). The van der Waals surface area contributed by atoms with Crippen molar-refractivity contribution < 1.29 is 42.6 Å². The molecule has 2 nitrogen and oxygen atoms in total. The zero-order valence-electron chi connectivity index (χ0n) is 20.2. The first kappa shape index (κ1) is 30.3. The van der Waals surface area contributed by atoms with E-state index < -0.39 is 0 Å². The molecular weight excluding hydrogens is 489 g/mol. The number of allylic oxidation sites excluding steroid dienone is 1. The topological polar surface area (TPSA) is 37.3 Å². The van der Waals surface area contributed by atoms with Crippen molar-refractivity contribution in [3.05, 3.63) is 95.2 Å². The summed E-state index contributed by atoms with van der Waals surface area (Å²) in [5.74, 6) is 0. The number of hydrogen-bond acceptors (Lipinski definition) is 2. The summed E-state index contributed by atoms with van der Waals surface area (Å²) in [6, 6.07) is 19.4. The van der Waals surface area contributed by atoms with E-state index in [2.05, 4.69) is 95.8 Å². The van der Waals surface area contributed by atoms with Crippen molar-refractivity contribution in [2.45, 2.75) is 48.0 Å². The maximum Gasteiger partial charge on any atom is 0.0348 e. The van der Waals surface area contributed by atoms with Gasteiger partial charge in [0, 0.05) is 42.5 Å². The summed E-state index contributed by atoms with van der Waals surface area (Å²) in [5.41, 5.74) is 7.34. The Kier molecular flexibility index (Phi) is 13.7. The first-order valence-corrected chi connectivity index (χ1v) is 11.3. The van der Waals surface area contributed by atoms with Gasteiger partial charge in [-0.2, -0.15) is 24.1 Å². The van der Waals surface area contributed by atoms with Crippen LogP contribution in [0.2, 0.25) is 0 Å². The molecule has 0 aliphatic rings. The Balaban J connectivity index is 0.00000148. The normalized spacial score (nSPS) is 9.94. The molecule has 1 N–H and O–H groups in total. The summed E-state index contributed by atoms with van der Waals surface area (Å²) in [5, 5.41) is 6.76. The maximum absolute atomic E-state index is 8.24. The quantitative estimate of drug-likeness (QED) is 0.343. The van der Waals surface area contributed by atoms with E-state index in [1.807, 2.05) is 25.2 Å². The van der Waals surface area contributed by atoms with E-state index in [-0.39, 0.29) is 38.1 Å². The summed E-state index contributed by atoms with van der Waals surface area (Å²) in [7, 11) is 0. The third-order valence-corrected chi connectivity index (χ3v) is 6.48. The molecule has 0 saturated carbocycles. The van der Waals surface area contributed by atoms with Crippen LogP contribution in [0.5, 0.6) is 0 Å². The molecule has 1 radical (unpaired) electrons. The van der Waals surface area contributed by atoms with Gasteiger partial charge in [0.25, 0.3) is 0 Å². The van der Waals surface area contributed by atoms with Gasteiger partial charge in [0.05, 0.1) is 0 Å². The van der Waals surface area contributed by atoms with Crippen molar-refractivity contribution in [3.63, 3.8) is 0 Å². The second-order valence-electron chi connectivity index (χ2n) is 7.85. The summed E-state index contributed by atoms with van der Waals surface area (Å²) < 4.78 is 0. The van der Waals surface area contributed by atoms with Crippen molar-refractivity contribution in [1.82, 2.24) is 0 Å². The first-order chi connectivity index (χ1) is 14.7. The fourth-order valence-electron chi connectivity index (χ4n) is 3.20. The van der Waals surface area contributed by atoms with Crippen LogP contribution in [0.3, 0.4) is 0 Å². The van der Waals surface area contributed by atoms with Crippen LogP contribution in [-0.2, 0) is 43.9 Å². The Labute approximate surface area is 223 Å². The molecule has 169 valence electrons. The van der Waals surface area contributed by atoms with Crippen LogP contribution in [0.1, 0.15) is 54.8 Å². The fraction of sp³-hybridized carbons (Fsp3) is 0.286. The van der Waals surface area contributed by atoms with E-state index in [9.17, 15) is 0 Å². The molecule has 4 heteroatoms. The average Bonchev–Trinajstić information content (AvgIpc) is 3.12. The largest absolute Gasteiger partial charge is 0.665 e. The molecule has 32 heavy (non-hydrogen) atoms. The predicted octanol–water partition coefficient (Wildman–Crippen LogP) is 8.13. The molecule has 0 amide bonds. The molecule has 0 aliphatic carbocycles. The van der Waals surface area contributed by atoms with Gasteiger partial charge in [-0.1, -0.05) is 95.2 Å². The Hall–Kier alpha value is -1.68. The number of rotatable bonds is 5. The molecule has 1 heterocycles. The van der Waals surface area contributed by atoms with Crippen molar-refractivity contribution in [2.75, 3.05) is 0 Å². The van der Waals surface area contributed by atoms with Gasteiger partial charge >= 0.3 is 0 Å². The van der Waals surface area contributed by atoms with Gasteiger partial charge in [-0.25, -0.2) is 0 Å². The SMILES string of the molecule is C=C(c1ccc(C)c([CH2-])c1)C(C)(C)Cc1sc(-c2ccccc2)cc1C.CC.O=[C-]O.[Y]. The van der Waals surface area contributed by atoms with Crippen LogP contribution in [-0.4, -0.2) is 11.6 Å². The maximum atomic E-state index is 8.24. The molecule has 1 aromatic heterocycles. The standard InChI is InChI=1S/C25H27S.C2H6.CHO2.Y/c1-17-12-13-22(14-18(17)2)20(4)25(5,6)16-24-19(3)15-23(26-24)21-10-8-7-9-11-21;1-2;2-1-3;/h7-15H,2,4,16H2,1,3,5-6H3;1-2H3;(H,2,3);/q-1;;-1;.